The van der Waals surface area contributed by atoms with E-state index in [0.29, 0.717) is 10.9 Å². The lowest BCUT2D eigenvalue weighted by Crippen LogP contribution is -1.98. The molecule has 1 aromatic rings. The fraction of sp³-hybridized carbons (Fsp3) is 0.250. The predicted molar refractivity (Wildman–Crippen MR) is 48.5 cm³/mol. The van der Waals surface area contributed by atoms with E-state index in [4.69, 9.17) is 5.11 Å². The molecule has 1 rings (SSSR count). The van der Waals surface area contributed by atoms with Gasteiger partial charge in [-0.05, 0) is 6.07 Å². The molecule has 0 saturated carbocycles. The van der Waals surface area contributed by atoms with Gasteiger partial charge in [0.2, 0.25) is 0 Å². The van der Waals surface area contributed by atoms with E-state index in [0.717, 1.165) is 0 Å². The minimum absolute atomic E-state index is 0.215. The molecule has 0 bridgehead atoms. The van der Waals surface area contributed by atoms with E-state index >= 15 is 0 Å². The summed E-state index contributed by atoms with van der Waals surface area (Å²) < 4.78 is 0. The van der Waals surface area contributed by atoms with Crippen molar-refractivity contribution in [1.82, 2.24) is 0 Å². The number of benzene rings is 1. The summed E-state index contributed by atoms with van der Waals surface area (Å²) in [6.45, 7) is 0. The highest BCUT2D eigenvalue weighted by Gasteiger charge is 2.12. The summed E-state index contributed by atoms with van der Waals surface area (Å²) in [6, 6.07) is 4.48. The van der Waals surface area contributed by atoms with Gasteiger partial charge in [0.1, 0.15) is 0 Å². The molecule has 4 heteroatoms. The second-order valence-corrected chi connectivity index (χ2v) is 3.03. The third kappa shape index (κ3) is 1.70. The van der Waals surface area contributed by atoms with E-state index in [1.54, 1.807) is 12.1 Å². The largest absolute Gasteiger partial charge is 0.504 e. The Labute approximate surface area is 78.4 Å². The van der Waals surface area contributed by atoms with Crippen LogP contribution in [-0.4, -0.2) is 20.6 Å². The highest BCUT2D eigenvalue weighted by molar-refractivity contribution is 9.09. The van der Waals surface area contributed by atoms with E-state index in [1.807, 2.05) is 0 Å². The molecule has 0 fully saturated rings. The first kappa shape index (κ1) is 9.35. The molecule has 0 aromatic heterocycles. The molecule has 1 aromatic carbocycles. The van der Waals surface area contributed by atoms with Crippen LogP contribution < -0.4 is 0 Å². The number of aliphatic hydroxyl groups is 1. The second kappa shape index (κ2) is 3.78. The average Bonchev–Trinajstić information content (AvgIpc) is 2.08. The number of phenolic OH excluding ortho intramolecular Hbond substituents is 2. The van der Waals surface area contributed by atoms with Crippen molar-refractivity contribution in [2.24, 2.45) is 0 Å². The first-order chi connectivity index (χ1) is 5.66. The van der Waals surface area contributed by atoms with Crippen LogP contribution >= 0.6 is 15.9 Å². The van der Waals surface area contributed by atoms with Gasteiger partial charge >= 0.3 is 0 Å². The van der Waals surface area contributed by atoms with E-state index in [9.17, 15) is 10.2 Å². The Morgan fingerprint density at radius 1 is 1.33 bits per heavy atom. The van der Waals surface area contributed by atoms with E-state index < -0.39 is 6.10 Å². The number of phenols is 2. The summed E-state index contributed by atoms with van der Waals surface area (Å²) in [5.41, 5.74) is 0.326. The van der Waals surface area contributed by atoms with Gasteiger partial charge in [-0.1, -0.05) is 28.1 Å². The normalized spacial score (nSPS) is 12.8. The molecule has 0 radical (unpaired) electrons. The monoisotopic (exact) mass is 232 g/mol. The fourth-order valence-corrected chi connectivity index (χ4v) is 1.25. The van der Waals surface area contributed by atoms with Crippen LogP contribution in [-0.2, 0) is 0 Å². The van der Waals surface area contributed by atoms with Crippen LogP contribution in [0.5, 0.6) is 11.5 Å². The minimum atomic E-state index is -0.794. The van der Waals surface area contributed by atoms with Gasteiger partial charge in [-0.15, -0.1) is 0 Å². The summed E-state index contributed by atoms with van der Waals surface area (Å²) in [5.74, 6) is -0.475. The number of hydrogen-bond acceptors (Lipinski definition) is 3. The number of rotatable bonds is 2. The SMILES string of the molecule is Oc1cccc(C(O)CBr)c1O. The third-order valence-electron chi connectivity index (χ3n) is 1.55. The molecule has 66 valence electrons. The van der Waals surface area contributed by atoms with Gasteiger partial charge in [-0.3, -0.25) is 0 Å². The quantitative estimate of drug-likeness (QED) is 0.536. The van der Waals surface area contributed by atoms with E-state index in [1.165, 1.54) is 6.07 Å². The zero-order valence-electron chi connectivity index (χ0n) is 6.24. The van der Waals surface area contributed by atoms with Crippen molar-refractivity contribution in [3.63, 3.8) is 0 Å². The van der Waals surface area contributed by atoms with Crippen LogP contribution in [0.3, 0.4) is 0 Å². The molecule has 0 aliphatic rings. The van der Waals surface area contributed by atoms with Crippen molar-refractivity contribution in [3.8, 4) is 11.5 Å². The van der Waals surface area contributed by atoms with Crippen LogP contribution in [0, 0.1) is 0 Å². The molecule has 3 nitrogen and oxygen atoms in total. The standard InChI is InChI=1S/C8H9BrO3/c9-4-7(11)5-2-1-3-6(10)8(5)12/h1-3,7,10-12H,4H2. The van der Waals surface area contributed by atoms with Gasteiger partial charge in [-0.25, -0.2) is 0 Å². The van der Waals surface area contributed by atoms with Crippen molar-refractivity contribution >= 4 is 15.9 Å². The maximum absolute atomic E-state index is 9.32. The van der Waals surface area contributed by atoms with Crippen LogP contribution in [0.15, 0.2) is 18.2 Å². The summed E-state index contributed by atoms with van der Waals surface area (Å²) >= 11 is 3.07. The van der Waals surface area contributed by atoms with Gasteiger partial charge in [0.15, 0.2) is 11.5 Å². The summed E-state index contributed by atoms with van der Waals surface area (Å²) in [4.78, 5) is 0. The maximum atomic E-state index is 9.32. The molecule has 0 heterocycles. The van der Waals surface area contributed by atoms with Crippen LogP contribution in [0.1, 0.15) is 11.7 Å². The highest BCUT2D eigenvalue weighted by Crippen LogP contribution is 2.32. The van der Waals surface area contributed by atoms with Crippen LogP contribution in [0.2, 0.25) is 0 Å². The molecular formula is C8H9BrO3. The predicted octanol–water partition coefficient (Wildman–Crippen LogP) is 1.53. The lowest BCUT2D eigenvalue weighted by molar-refractivity contribution is 0.200. The van der Waals surface area contributed by atoms with Gasteiger partial charge in [0, 0.05) is 10.9 Å². The van der Waals surface area contributed by atoms with Gasteiger partial charge in [0.05, 0.1) is 6.10 Å². The zero-order valence-corrected chi connectivity index (χ0v) is 7.82. The number of aliphatic hydroxyl groups excluding tert-OH is 1. The Bertz CT molecular complexity index is 275. The lowest BCUT2D eigenvalue weighted by atomic mass is 10.1. The summed E-state index contributed by atoms with van der Waals surface area (Å²) in [5, 5.41) is 28.0. The van der Waals surface area contributed by atoms with Gasteiger partial charge in [0.25, 0.3) is 0 Å². The third-order valence-corrected chi connectivity index (χ3v) is 2.16. The van der Waals surface area contributed by atoms with Crippen molar-refractivity contribution in [3.05, 3.63) is 23.8 Å². The molecular weight excluding hydrogens is 224 g/mol. The van der Waals surface area contributed by atoms with Gasteiger partial charge in [-0.2, -0.15) is 0 Å². The molecule has 3 N–H and O–H groups in total. The molecule has 0 aliphatic carbocycles. The zero-order chi connectivity index (χ0) is 9.14. The topological polar surface area (TPSA) is 60.7 Å². The van der Waals surface area contributed by atoms with Crippen LogP contribution in [0.25, 0.3) is 0 Å². The Morgan fingerprint density at radius 2 is 2.00 bits per heavy atom. The molecule has 1 unspecified atom stereocenters. The number of hydrogen-bond donors (Lipinski definition) is 3. The maximum Gasteiger partial charge on any atom is 0.163 e. The van der Waals surface area contributed by atoms with E-state index in [-0.39, 0.29) is 11.5 Å². The second-order valence-electron chi connectivity index (χ2n) is 2.39. The number of aromatic hydroxyl groups is 2. The molecule has 0 spiro atoms. The van der Waals surface area contributed by atoms with Crippen molar-refractivity contribution in [2.75, 3.05) is 5.33 Å². The van der Waals surface area contributed by atoms with Crippen molar-refractivity contribution in [1.29, 1.82) is 0 Å². The van der Waals surface area contributed by atoms with Gasteiger partial charge < -0.3 is 15.3 Å². The van der Waals surface area contributed by atoms with E-state index in [2.05, 4.69) is 15.9 Å². The Balaban J connectivity index is 3.07. The molecule has 0 aliphatic heterocycles. The Hall–Kier alpha value is -0.740. The molecule has 0 amide bonds. The molecule has 0 saturated heterocycles. The van der Waals surface area contributed by atoms with Crippen LogP contribution in [0.4, 0.5) is 0 Å². The fourth-order valence-electron chi connectivity index (χ4n) is 0.901. The molecule has 12 heavy (non-hydrogen) atoms. The van der Waals surface area contributed by atoms with Crippen molar-refractivity contribution in [2.45, 2.75) is 6.10 Å². The first-order valence-electron chi connectivity index (χ1n) is 3.41. The Morgan fingerprint density at radius 3 is 2.58 bits per heavy atom. The molecule has 1 atom stereocenters. The number of halogens is 1. The smallest absolute Gasteiger partial charge is 0.163 e. The first-order valence-corrected chi connectivity index (χ1v) is 4.54. The highest BCUT2D eigenvalue weighted by atomic mass is 79.9. The summed E-state index contributed by atoms with van der Waals surface area (Å²) in [6.07, 6.45) is -0.794. The summed E-state index contributed by atoms with van der Waals surface area (Å²) in [7, 11) is 0. The van der Waals surface area contributed by atoms with Crippen molar-refractivity contribution < 1.29 is 15.3 Å². The average molecular weight is 233 g/mol. The minimum Gasteiger partial charge on any atom is -0.504 e. The Kier molecular flexibility index (Phi) is 2.94. The lowest BCUT2D eigenvalue weighted by Gasteiger charge is -2.09. The number of para-hydroxylation sites is 1. The number of alkyl halides is 1.